The molecule has 4 N–H and O–H groups in total. The van der Waals surface area contributed by atoms with Gasteiger partial charge < -0.3 is 20.4 Å². The van der Waals surface area contributed by atoms with Crippen molar-refractivity contribution in [3.05, 3.63) is 11.6 Å². The first kappa shape index (κ1) is 26.6. The van der Waals surface area contributed by atoms with Gasteiger partial charge in [-0.3, -0.25) is 0 Å². The Balaban J connectivity index is 1.60. The van der Waals surface area contributed by atoms with E-state index in [0.717, 1.165) is 25.7 Å². The van der Waals surface area contributed by atoms with Gasteiger partial charge in [0.05, 0.1) is 17.8 Å². The summed E-state index contributed by atoms with van der Waals surface area (Å²) in [4.78, 5) is 0. The van der Waals surface area contributed by atoms with Gasteiger partial charge in [0.25, 0.3) is 0 Å². The van der Waals surface area contributed by atoms with Gasteiger partial charge in [-0.2, -0.15) is 0 Å². The van der Waals surface area contributed by atoms with E-state index in [1.807, 2.05) is 0 Å². The monoisotopic (exact) mass is 476 g/mol. The van der Waals surface area contributed by atoms with Crippen LogP contribution in [0.4, 0.5) is 0 Å². The summed E-state index contributed by atoms with van der Waals surface area (Å²) in [5.74, 6) is 1.91. The standard InChI is InChI=1S/C30H52O4/c1-18(17-22(31)25(33)27(4,5)34)19-11-15-30(8)21-9-10-23-26(2,3)24(32)13-14-28(23,6)20(21)12-16-29(19,30)7/h9,18-20,22-25,31-34H,10-17H2,1-8H3/t18-,19-,20-,22-,23-,24-,25-,28+,29-,30+/m0/s1. The van der Waals surface area contributed by atoms with Crippen LogP contribution in [0.25, 0.3) is 0 Å². The molecule has 10 atom stereocenters. The third-order valence-corrected chi connectivity index (χ3v) is 12.3. The summed E-state index contributed by atoms with van der Waals surface area (Å²) in [6.07, 6.45) is 8.76. The molecule has 0 aliphatic heterocycles. The highest BCUT2D eigenvalue weighted by Gasteiger charge is 2.65. The zero-order valence-corrected chi connectivity index (χ0v) is 23.1. The van der Waals surface area contributed by atoms with Crippen molar-refractivity contribution in [3.63, 3.8) is 0 Å². The quantitative estimate of drug-likeness (QED) is 0.397. The minimum absolute atomic E-state index is 0.0408. The Hall–Kier alpha value is -0.420. The number of rotatable bonds is 5. The molecule has 3 saturated carbocycles. The summed E-state index contributed by atoms with van der Waals surface area (Å²) in [5, 5.41) is 42.1. The average Bonchev–Trinajstić information content (AvgIpc) is 3.01. The molecule has 4 heteroatoms. The van der Waals surface area contributed by atoms with Crippen LogP contribution in [0.15, 0.2) is 11.6 Å². The van der Waals surface area contributed by atoms with Crippen molar-refractivity contribution in [2.45, 2.75) is 131 Å². The van der Waals surface area contributed by atoms with Crippen molar-refractivity contribution in [2.24, 2.45) is 45.3 Å². The van der Waals surface area contributed by atoms with Gasteiger partial charge in [0.1, 0.15) is 6.10 Å². The molecule has 0 amide bonds. The first-order valence-electron chi connectivity index (χ1n) is 14.0. The number of hydrogen-bond donors (Lipinski definition) is 4. The van der Waals surface area contributed by atoms with Crippen molar-refractivity contribution >= 4 is 0 Å². The van der Waals surface area contributed by atoms with Crippen molar-refractivity contribution in [3.8, 4) is 0 Å². The zero-order valence-electron chi connectivity index (χ0n) is 23.1. The predicted molar refractivity (Wildman–Crippen MR) is 137 cm³/mol. The molecule has 196 valence electrons. The van der Waals surface area contributed by atoms with Crippen LogP contribution in [0.2, 0.25) is 0 Å². The van der Waals surface area contributed by atoms with Crippen LogP contribution in [0.5, 0.6) is 0 Å². The normalized spacial score (nSPS) is 46.5. The third kappa shape index (κ3) is 3.68. The SMILES string of the molecule is C[C@@H](C[C@H](O)[C@H](O)C(C)(C)O)[C@@H]1CC[C@]2(C)C3=CC[C@H]4C(C)(C)[C@@H](O)CC[C@]4(C)[C@H]3CC[C@@]12C. The number of aliphatic hydroxyl groups is 4. The van der Waals surface area contributed by atoms with Crippen molar-refractivity contribution in [1.82, 2.24) is 0 Å². The van der Waals surface area contributed by atoms with Crippen LogP contribution in [-0.4, -0.2) is 44.3 Å². The molecule has 0 radical (unpaired) electrons. The lowest BCUT2D eigenvalue weighted by molar-refractivity contribution is -0.133. The Labute approximate surface area is 208 Å². The highest BCUT2D eigenvalue weighted by Crippen LogP contribution is 2.73. The molecule has 3 fully saturated rings. The molecular formula is C30H52O4. The van der Waals surface area contributed by atoms with Crippen LogP contribution < -0.4 is 0 Å². The second-order valence-electron chi connectivity index (χ2n) is 14.7. The molecule has 4 nitrogen and oxygen atoms in total. The summed E-state index contributed by atoms with van der Waals surface area (Å²) in [5.41, 5.74) is 0.962. The summed E-state index contributed by atoms with van der Waals surface area (Å²) < 4.78 is 0. The van der Waals surface area contributed by atoms with Gasteiger partial charge in [0, 0.05) is 0 Å². The molecule has 0 aromatic carbocycles. The van der Waals surface area contributed by atoms with E-state index < -0.39 is 17.8 Å². The lowest BCUT2D eigenvalue weighted by Gasteiger charge is -2.64. The summed E-state index contributed by atoms with van der Waals surface area (Å²) in [6, 6.07) is 0. The Kier molecular flexibility index (Phi) is 6.50. The lowest BCUT2D eigenvalue weighted by atomic mass is 9.41. The van der Waals surface area contributed by atoms with E-state index in [9.17, 15) is 20.4 Å². The smallest absolute Gasteiger partial charge is 0.108 e. The second-order valence-corrected chi connectivity index (χ2v) is 14.7. The maximum absolute atomic E-state index is 10.8. The Bertz CT molecular complexity index is 811. The van der Waals surface area contributed by atoms with Gasteiger partial charge in [-0.1, -0.05) is 53.2 Å². The first-order chi connectivity index (χ1) is 15.5. The average molecular weight is 477 g/mol. The van der Waals surface area contributed by atoms with Gasteiger partial charge >= 0.3 is 0 Å². The second kappa shape index (κ2) is 8.30. The Morgan fingerprint density at radius 3 is 2.26 bits per heavy atom. The van der Waals surface area contributed by atoms with Crippen LogP contribution >= 0.6 is 0 Å². The van der Waals surface area contributed by atoms with Crippen LogP contribution in [0.3, 0.4) is 0 Å². The first-order valence-corrected chi connectivity index (χ1v) is 14.0. The van der Waals surface area contributed by atoms with E-state index in [-0.39, 0.29) is 33.7 Å². The van der Waals surface area contributed by atoms with E-state index in [0.29, 0.717) is 24.2 Å². The van der Waals surface area contributed by atoms with Gasteiger partial charge in [-0.15, -0.1) is 0 Å². The topological polar surface area (TPSA) is 80.9 Å². The van der Waals surface area contributed by atoms with E-state index in [2.05, 4.69) is 47.6 Å². The van der Waals surface area contributed by atoms with Crippen molar-refractivity contribution in [2.75, 3.05) is 0 Å². The van der Waals surface area contributed by atoms with Crippen LogP contribution in [0, 0.1) is 45.3 Å². The molecular weight excluding hydrogens is 424 g/mol. The summed E-state index contributed by atoms with van der Waals surface area (Å²) in [7, 11) is 0. The largest absolute Gasteiger partial charge is 0.393 e. The van der Waals surface area contributed by atoms with Gasteiger partial charge in [0.15, 0.2) is 0 Å². The fourth-order valence-corrected chi connectivity index (χ4v) is 9.80. The molecule has 4 rings (SSSR count). The fraction of sp³-hybridized carbons (Fsp3) is 0.933. The number of fused-ring (bicyclic) bond motifs is 5. The fourth-order valence-electron chi connectivity index (χ4n) is 9.80. The van der Waals surface area contributed by atoms with Crippen molar-refractivity contribution in [1.29, 1.82) is 0 Å². The van der Waals surface area contributed by atoms with E-state index in [1.54, 1.807) is 19.4 Å². The summed E-state index contributed by atoms with van der Waals surface area (Å²) >= 11 is 0. The molecule has 4 aliphatic carbocycles. The van der Waals surface area contributed by atoms with Crippen molar-refractivity contribution < 1.29 is 20.4 Å². The molecule has 0 unspecified atom stereocenters. The van der Waals surface area contributed by atoms with E-state index in [4.69, 9.17) is 0 Å². The maximum atomic E-state index is 10.8. The molecule has 0 aromatic rings. The Morgan fingerprint density at radius 1 is 1.00 bits per heavy atom. The molecule has 0 bridgehead atoms. The highest BCUT2D eigenvalue weighted by molar-refractivity contribution is 5.33. The maximum Gasteiger partial charge on any atom is 0.108 e. The Morgan fingerprint density at radius 2 is 1.65 bits per heavy atom. The lowest BCUT2D eigenvalue weighted by Crippen LogP contribution is -2.58. The third-order valence-electron chi connectivity index (χ3n) is 12.3. The van der Waals surface area contributed by atoms with Gasteiger partial charge in [0.2, 0.25) is 0 Å². The number of allylic oxidation sites excluding steroid dienone is 2. The van der Waals surface area contributed by atoms with Crippen LogP contribution in [0.1, 0.15) is 107 Å². The highest BCUT2D eigenvalue weighted by atomic mass is 16.4. The zero-order chi connectivity index (χ0) is 25.5. The minimum Gasteiger partial charge on any atom is -0.393 e. The molecule has 4 aliphatic rings. The molecule has 0 spiro atoms. The molecule has 0 heterocycles. The van der Waals surface area contributed by atoms with E-state index in [1.165, 1.54) is 19.3 Å². The van der Waals surface area contributed by atoms with E-state index >= 15 is 0 Å². The number of hydrogen-bond acceptors (Lipinski definition) is 4. The van der Waals surface area contributed by atoms with Gasteiger partial charge in [-0.25, -0.2) is 0 Å². The molecule has 34 heavy (non-hydrogen) atoms. The molecule has 0 aromatic heterocycles. The minimum atomic E-state index is -1.30. The van der Waals surface area contributed by atoms with Crippen LogP contribution in [-0.2, 0) is 0 Å². The predicted octanol–water partition coefficient (Wildman–Crippen LogP) is 5.47. The molecule has 0 saturated heterocycles. The summed E-state index contributed by atoms with van der Waals surface area (Å²) in [6.45, 7) is 17.5. The van der Waals surface area contributed by atoms with Gasteiger partial charge in [-0.05, 0) is 111 Å². The number of aliphatic hydroxyl groups excluding tert-OH is 3.